The van der Waals surface area contributed by atoms with Crippen LogP contribution in [0.3, 0.4) is 0 Å². The van der Waals surface area contributed by atoms with Gasteiger partial charge in [-0.2, -0.15) is 0 Å². The van der Waals surface area contributed by atoms with Crippen LogP contribution in [0.15, 0.2) is 0 Å². The van der Waals surface area contributed by atoms with Gasteiger partial charge in [-0.15, -0.1) is 0 Å². The third-order valence-corrected chi connectivity index (χ3v) is 2.28. The minimum atomic E-state index is -4.86. The van der Waals surface area contributed by atoms with E-state index in [-0.39, 0.29) is 0 Å². The first-order valence-corrected chi connectivity index (χ1v) is 4.47. The van der Waals surface area contributed by atoms with Crippen LogP contribution in [-0.2, 0) is 9.53 Å². The number of hydrogen-bond acceptors (Lipinski definition) is 3. The van der Waals surface area contributed by atoms with Gasteiger partial charge in [0, 0.05) is 0 Å². The van der Waals surface area contributed by atoms with E-state index in [9.17, 15) is 17.7 Å². The van der Waals surface area contributed by atoms with E-state index in [1.165, 1.54) is 7.11 Å². The van der Waals surface area contributed by atoms with Gasteiger partial charge in [-0.25, -0.2) is 0 Å². The van der Waals surface area contributed by atoms with E-state index in [1.54, 1.807) is 0 Å². The van der Waals surface area contributed by atoms with Crippen molar-refractivity contribution in [3.05, 3.63) is 0 Å². The first-order chi connectivity index (χ1) is 6.44. The monoisotopic (exact) mass is 210 g/mol. The number of esters is 1. The minimum Gasteiger partial charge on any atom is -0.468 e. The fourth-order valence-corrected chi connectivity index (χ4v) is 1.71. The Bertz CT molecular complexity index is 221. The molecule has 0 aromatic rings. The summed E-state index contributed by atoms with van der Waals surface area (Å²) in [5, 5.41) is 0. The number of halogens is 3. The summed E-state index contributed by atoms with van der Waals surface area (Å²) in [6, 6.07) is -0.705. The van der Waals surface area contributed by atoms with Crippen molar-refractivity contribution < 1.29 is 22.5 Å². The van der Waals surface area contributed by atoms with Crippen LogP contribution in [-0.4, -0.2) is 44.0 Å². The maximum Gasteiger partial charge on any atom is 0.492 e. The summed E-state index contributed by atoms with van der Waals surface area (Å²) >= 11 is 0. The van der Waals surface area contributed by atoms with Crippen LogP contribution in [0.25, 0.3) is 0 Å². The van der Waals surface area contributed by atoms with Gasteiger partial charge < -0.3 is 22.6 Å². The lowest BCUT2D eigenvalue weighted by Gasteiger charge is -2.27. The van der Waals surface area contributed by atoms with E-state index >= 15 is 0 Å². The first-order valence-electron chi connectivity index (χ1n) is 4.47. The summed E-state index contributed by atoms with van der Waals surface area (Å²) in [7, 11) is 1.19. The molecule has 1 heterocycles. The Morgan fingerprint density at radius 2 is 2.21 bits per heavy atom. The quantitative estimate of drug-likeness (QED) is 0.514. The highest BCUT2D eigenvalue weighted by Gasteiger charge is 2.36. The van der Waals surface area contributed by atoms with E-state index in [0.717, 1.165) is 4.90 Å². The zero-order chi connectivity index (χ0) is 10.8. The Hall–Kier alpha value is -0.715. The third kappa shape index (κ3) is 2.90. The molecule has 1 aliphatic rings. The van der Waals surface area contributed by atoms with Gasteiger partial charge in [-0.1, -0.05) is 0 Å². The molecule has 0 aromatic carbocycles. The van der Waals surface area contributed by atoms with E-state index in [0.29, 0.717) is 19.4 Å². The molecule has 0 saturated carbocycles. The average Bonchev–Trinajstić information content (AvgIpc) is 2.48. The molecule has 0 aromatic heterocycles. The predicted molar refractivity (Wildman–Crippen MR) is 45.7 cm³/mol. The lowest BCUT2D eigenvalue weighted by molar-refractivity contribution is -0.145. The molecule has 0 radical (unpaired) electrons. The Morgan fingerprint density at radius 1 is 1.57 bits per heavy atom. The second-order valence-corrected chi connectivity index (χ2v) is 3.39. The van der Waals surface area contributed by atoms with Crippen molar-refractivity contribution in [2.75, 3.05) is 20.1 Å². The molecule has 1 saturated heterocycles. The van der Waals surface area contributed by atoms with Crippen molar-refractivity contribution in [3.8, 4) is 0 Å². The topological polar surface area (TPSA) is 29.5 Å². The number of hydrogen-bond donors (Lipinski definition) is 0. The molecule has 82 valence electrons. The smallest absolute Gasteiger partial charge is 0.468 e. The number of likely N-dealkylation sites (tertiary alicyclic amines) is 1. The van der Waals surface area contributed by atoms with Gasteiger partial charge in [0.1, 0.15) is 6.04 Å². The van der Waals surface area contributed by atoms with Crippen LogP contribution in [0.1, 0.15) is 12.8 Å². The maximum atomic E-state index is 12.1. The first kappa shape index (κ1) is 11.4. The summed E-state index contributed by atoms with van der Waals surface area (Å²) in [6.45, 7) is -4.54. The van der Waals surface area contributed by atoms with Crippen molar-refractivity contribution in [1.29, 1.82) is 0 Å². The second kappa shape index (κ2) is 4.21. The fraction of sp³-hybridized carbons (Fsp3) is 0.857. The summed E-state index contributed by atoms with van der Waals surface area (Å²) in [5.74, 6) is -0.567. The number of methoxy groups -OCH3 is 1. The van der Waals surface area contributed by atoms with Crippen molar-refractivity contribution in [3.63, 3.8) is 0 Å². The number of rotatable bonds is 3. The van der Waals surface area contributed by atoms with Crippen LogP contribution in [0.5, 0.6) is 0 Å². The highest BCUT2D eigenvalue weighted by Crippen LogP contribution is 2.21. The lowest BCUT2D eigenvalue weighted by atomic mass is 9.91. The van der Waals surface area contributed by atoms with Crippen molar-refractivity contribution >= 4 is 12.9 Å². The molecular weight excluding hydrogens is 198 g/mol. The van der Waals surface area contributed by atoms with Crippen LogP contribution in [0.4, 0.5) is 12.9 Å². The third-order valence-electron chi connectivity index (χ3n) is 2.28. The van der Waals surface area contributed by atoms with E-state index in [2.05, 4.69) is 4.74 Å². The fourth-order valence-electron chi connectivity index (χ4n) is 1.71. The van der Waals surface area contributed by atoms with Gasteiger partial charge in [0.05, 0.1) is 7.11 Å². The lowest BCUT2D eigenvalue weighted by Crippen LogP contribution is -2.44. The Kier molecular flexibility index (Phi) is 3.41. The minimum absolute atomic E-state index is 0.320. The second-order valence-electron chi connectivity index (χ2n) is 3.39. The number of carbonyl (C=O) groups excluding carboxylic acids is 1. The standard InChI is InChI=1S/C7H12BF3NO2/c1-14-7(13)6-3-2-4-12(6)5-8(9,10)11/h6H,2-5H2,1H3/q-1/t6-/m0/s1. The highest BCUT2D eigenvalue weighted by atomic mass is 19.4. The van der Waals surface area contributed by atoms with Gasteiger partial charge in [0.2, 0.25) is 0 Å². The summed E-state index contributed by atoms with van der Waals surface area (Å²) < 4.78 is 40.8. The predicted octanol–water partition coefficient (Wildman–Crippen LogP) is 1.01. The molecule has 0 unspecified atom stereocenters. The molecule has 1 aliphatic heterocycles. The van der Waals surface area contributed by atoms with Crippen molar-refractivity contribution in [1.82, 2.24) is 4.90 Å². The Labute approximate surface area is 80.3 Å². The Balaban J connectivity index is 2.56. The maximum absolute atomic E-state index is 12.1. The van der Waals surface area contributed by atoms with Gasteiger partial charge in [-0.05, 0) is 25.8 Å². The van der Waals surface area contributed by atoms with Gasteiger partial charge in [-0.3, -0.25) is 4.79 Å². The molecule has 1 atom stereocenters. The molecule has 1 rings (SSSR count). The normalized spacial score (nSPS) is 23.9. The SMILES string of the molecule is COC(=O)[C@@H]1CCCN1C[B-](F)(F)F. The largest absolute Gasteiger partial charge is 0.492 e. The van der Waals surface area contributed by atoms with E-state index in [4.69, 9.17) is 0 Å². The van der Waals surface area contributed by atoms with Crippen LogP contribution in [0.2, 0.25) is 0 Å². The molecule has 0 aliphatic carbocycles. The van der Waals surface area contributed by atoms with Crippen LogP contribution in [0, 0.1) is 0 Å². The van der Waals surface area contributed by atoms with Gasteiger partial charge in [0.15, 0.2) is 0 Å². The molecule has 14 heavy (non-hydrogen) atoms. The zero-order valence-corrected chi connectivity index (χ0v) is 7.88. The molecule has 0 spiro atoms. The van der Waals surface area contributed by atoms with Crippen LogP contribution < -0.4 is 0 Å². The Morgan fingerprint density at radius 3 is 2.71 bits per heavy atom. The van der Waals surface area contributed by atoms with E-state index < -0.39 is 25.4 Å². The number of carbonyl (C=O) groups is 1. The zero-order valence-electron chi connectivity index (χ0n) is 7.88. The number of ether oxygens (including phenoxy) is 1. The molecule has 3 nitrogen and oxygen atoms in total. The molecular formula is C7H12BF3NO2-. The van der Waals surface area contributed by atoms with Gasteiger partial charge in [0.25, 0.3) is 0 Å². The number of nitrogens with zero attached hydrogens (tertiary/aromatic N) is 1. The van der Waals surface area contributed by atoms with Crippen molar-refractivity contribution in [2.24, 2.45) is 0 Å². The summed E-state index contributed by atoms with van der Waals surface area (Å²) in [5.41, 5.74) is 0. The molecule has 0 bridgehead atoms. The molecule has 1 fully saturated rings. The summed E-state index contributed by atoms with van der Waals surface area (Å²) in [4.78, 5) is 12.2. The molecule has 7 heteroatoms. The molecule has 0 amide bonds. The van der Waals surface area contributed by atoms with Crippen LogP contribution >= 0.6 is 0 Å². The highest BCUT2D eigenvalue weighted by molar-refractivity contribution is 6.58. The van der Waals surface area contributed by atoms with Crippen molar-refractivity contribution in [2.45, 2.75) is 18.9 Å². The molecule has 0 N–H and O–H groups in total. The average molecular weight is 210 g/mol. The summed E-state index contributed by atoms with van der Waals surface area (Å²) in [6.07, 6.45) is 0.102. The van der Waals surface area contributed by atoms with Gasteiger partial charge >= 0.3 is 12.9 Å². The van der Waals surface area contributed by atoms with E-state index in [1.807, 2.05) is 0 Å².